The molecule has 0 atom stereocenters. The number of hydrogen-bond donors (Lipinski definition) is 1. The van der Waals surface area contributed by atoms with Crippen LogP contribution in [0.5, 0.6) is 11.5 Å². The number of nitrogens with one attached hydrogen (secondary N) is 1. The zero-order chi connectivity index (χ0) is 15.0. The average Bonchev–Trinajstić information content (AvgIpc) is 3.33. The summed E-state index contributed by atoms with van der Waals surface area (Å²) in [7, 11) is 3.18. The minimum atomic E-state index is -0.0910. The molecule has 1 heterocycles. The zero-order valence-corrected chi connectivity index (χ0v) is 12.4. The van der Waals surface area contributed by atoms with Gasteiger partial charge in [0.15, 0.2) is 11.5 Å². The number of H-pyrrole nitrogens is 1. The van der Waals surface area contributed by atoms with Crippen LogP contribution in [-0.2, 0) is 0 Å². The minimum absolute atomic E-state index is 0.0910. The first kappa shape index (κ1) is 13.7. The Balaban J connectivity index is 2.22. The van der Waals surface area contributed by atoms with Crippen LogP contribution in [-0.4, -0.2) is 24.2 Å². The fraction of sp³-hybridized carbons (Fsp3) is 0.375. The van der Waals surface area contributed by atoms with E-state index in [1.54, 1.807) is 21.1 Å². The SMILES string of the molecule is COc1cccc(-c2nc(C3CC3)[nH]c(=O)c2C)c1OC. The van der Waals surface area contributed by atoms with Crippen LogP contribution in [0.15, 0.2) is 23.0 Å². The quantitative estimate of drug-likeness (QED) is 0.938. The number of hydrogen-bond acceptors (Lipinski definition) is 4. The fourth-order valence-electron chi connectivity index (χ4n) is 2.44. The molecule has 0 amide bonds. The van der Waals surface area contributed by atoms with Crippen LogP contribution in [0.1, 0.15) is 30.1 Å². The van der Waals surface area contributed by atoms with E-state index >= 15 is 0 Å². The zero-order valence-electron chi connectivity index (χ0n) is 12.4. The number of aromatic amines is 1. The fourth-order valence-corrected chi connectivity index (χ4v) is 2.44. The molecule has 1 aromatic carbocycles. The summed E-state index contributed by atoms with van der Waals surface area (Å²) in [6, 6.07) is 5.59. The maximum atomic E-state index is 12.2. The van der Waals surface area contributed by atoms with Crippen LogP contribution in [0.4, 0.5) is 0 Å². The van der Waals surface area contributed by atoms with E-state index in [1.165, 1.54) is 0 Å². The van der Waals surface area contributed by atoms with Crippen molar-refractivity contribution >= 4 is 0 Å². The van der Waals surface area contributed by atoms with Crippen LogP contribution < -0.4 is 15.0 Å². The van der Waals surface area contributed by atoms with Gasteiger partial charge in [0.2, 0.25) is 0 Å². The molecule has 5 nitrogen and oxygen atoms in total. The molecule has 0 radical (unpaired) electrons. The van der Waals surface area contributed by atoms with Gasteiger partial charge in [-0.15, -0.1) is 0 Å². The van der Waals surface area contributed by atoms with E-state index in [2.05, 4.69) is 9.97 Å². The molecule has 0 unspecified atom stereocenters. The second-order valence-electron chi connectivity index (χ2n) is 5.24. The standard InChI is InChI=1S/C16H18N2O3/c1-9-13(17-15(10-7-8-10)18-16(9)19)11-5-4-6-12(20-2)14(11)21-3/h4-6,10H,7-8H2,1-3H3,(H,17,18,19). The summed E-state index contributed by atoms with van der Waals surface area (Å²) in [6.45, 7) is 1.77. The Labute approximate surface area is 123 Å². The topological polar surface area (TPSA) is 64.2 Å². The summed E-state index contributed by atoms with van der Waals surface area (Å²) in [4.78, 5) is 19.7. The van der Waals surface area contributed by atoms with E-state index in [0.29, 0.717) is 28.7 Å². The third-order valence-corrected chi connectivity index (χ3v) is 3.79. The van der Waals surface area contributed by atoms with Crippen molar-refractivity contribution in [3.8, 4) is 22.8 Å². The van der Waals surface area contributed by atoms with Gasteiger partial charge >= 0.3 is 0 Å². The molecule has 110 valence electrons. The van der Waals surface area contributed by atoms with Gasteiger partial charge in [0.05, 0.1) is 19.9 Å². The smallest absolute Gasteiger partial charge is 0.254 e. The molecule has 1 saturated carbocycles. The first-order valence-electron chi connectivity index (χ1n) is 6.98. The van der Waals surface area contributed by atoms with E-state index in [4.69, 9.17) is 9.47 Å². The van der Waals surface area contributed by atoms with Crippen molar-refractivity contribution in [3.05, 3.63) is 39.9 Å². The van der Waals surface area contributed by atoms with Gasteiger partial charge < -0.3 is 14.5 Å². The molecule has 2 aromatic rings. The van der Waals surface area contributed by atoms with Crippen molar-refractivity contribution in [2.75, 3.05) is 14.2 Å². The van der Waals surface area contributed by atoms with Gasteiger partial charge in [0.1, 0.15) is 5.82 Å². The van der Waals surface area contributed by atoms with Crippen LogP contribution in [0, 0.1) is 6.92 Å². The van der Waals surface area contributed by atoms with Gasteiger partial charge in [-0.3, -0.25) is 4.79 Å². The molecule has 0 saturated heterocycles. The molecule has 3 rings (SSSR count). The second-order valence-corrected chi connectivity index (χ2v) is 5.24. The number of methoxy groups -OCH3 is 2. The molecule has 1 aliphatic rings. The molecule has 1 N–H and O–H groups in total. The highest BCUT2D eigenvalue weighted by atomic mass is 16.5. The predicted octanol–water partition coefficient (Wildman–Crippen LogP) is 2.64. The number of aromatic nitrogens is 2. The van der Waals surface area contributed by atoms with Crippen molar-refractivity contribution < 1.29 is 9.47 Å². The molecule has 5 heteroatoms. The number of ether oxygens (including phenoxy) is 2. The first-order chi connectivity index (χ1) is 10.2. The normalized spacial score (nSPS) is 14.0. The van der Waals surface area contributed by atoms with Gasteiger partial charge in [0.25, 0.3) is 5.56 Å². The Kier molecular flexibility index (Phi) is 3.41. The van der Waals surface area contributed by atoms with E-state index in [-0.39, 0.29) is 5.56 Å². The van der Waals surface area contributed by atoms with Crippen LogP contribution in [0.25, 0.3) is 11.3 Å². The van der Waals surface area contributed by atoms with Gasteiger partial charge in [-0.1, -0.05) is 6.07 Å². The summed E-state index contributed by atoms with van der Waals surface area (Å²) in [5.74, 6) is 2.38. The Morgan fingerprint density at radius 1 is 1.24 bits per heavy atom. The lowest BCUT2D eigenvalue weighted by molar-refractivity contribution is 0.356. The van der Waals surface area contributed by atoms with E-state index in [1.807, 2.05) is 18.2 Å². The number of benzene rings is 1. The highest BCUT2D eigenvalue weighted by molar-refractivity contribution is 5.73. The summed E-state index contributed by atoms with van der Waals surface area (Å²) in [6.07, 6.45) is 2.17. The monoisotopic (exact) mass is 286 g/mol. The van der Waals surface area contributed by atoms with Crippen molar-refractivity contribution in [2.24, 2.45) is 0 Å². The number of nitrogens with zero attached hydrogens (tertiary/aromatic N) is 1. The van der Waals surface area contributed by atoms with Crippen molar-refractivity contribution in [1.29, 1.82) is 0 Å². The second kappa shape index (κ2) is 5.24. The van der Waals surface area contributed by atoms with Crippen molar-refractivity contribution in [3.63, 3.8) is 0 Å². The van der Waals surface area contributed by atoms with E-state index in [0.717, 1.165) is 24.2 Å². The van der Waals surface area contributed by atoms with E-state index < -0.39 is 0 Å². The van der Waals surface area contributed by atoms with Crippen LogP contribution in [0.2, 0.25) is 0 Å². The molecule has 0 aliphatic heterocycles. The lowest BCUT2D eigenvalue weighted by Gasteiger charge is -2.14. The lowest BCUT2D eigenvalue weighted by atomic mass is 10.1. The molecular formula is C16H18N2O3. The van der Waals surface area contributed by atoms with Gasteiger partial charge in [-0.25, -0.2) is 4.98 Å². The van der Waals surface area contributed by atoms with Crippen molar-refractivity contribution in [2.45, 2.75) is 25.7 Å². The lowest BCUT2D eigenvalue weighted by Crippen LogP contribution is -2.16. The average molecular weight is 286 g/mol. The van der Waals surface area contributed by atoms with Crippen LogP contribution in [0.3, 0.4) is 0 Å². The largest absolute Gasteiger partial charge is 0.493 e. The summed E-state index contributed by atoms with van der Waals surface area (Å²) < 4.78 is 10.8. The highest BCUT2D eigenvalue weighted by Crippen LogP contribution is 2.41. The maximum Gasteiger partial charge on any atom is 0.254 e. The molecule has 0 spiro atoms. The third kappa shape index (κ3) is 2.39. The predicted molar refractivity (Wildman–Crippen MR) is 80.1 cm³/mol. The number of para-hydroxylation sites is 1. The molecule has 1 aromatic heterocycles. The van der Waals surface area contributed by atoms with Crippen molar-refractivity contribution in [1.82, 2.24) is 9.97 Å². The Hall–Kier alpha value is -2.30. The molecule has 1 fully saturated rings. The van der Waals surface area contributed by atoms with Gasteiger partial charge in [0, 0.05) is 17.0 Å². The maximum absolute atomic E-state index is 12.2. The Morgan fingerprint density at radius 2 is 2.00 bits per heavy atom. The minimum Gasteiger partial charge on any atom is -0.493 e. The Bertz CT molecular complexity index is 733. The molecule has 1 aliphatic carbocycles. The van der Waals surface area contributed by atoms with E-state index in [9.17, 15) is 4.79 Å². The van der Waals surface area contributed by atoms with Gasteiger partial charge in [-0.2, -0.15) is 0 Å². The summed E-state index contributed by atoms with van der Waals surface area (Å²) in [5.41, 5.74) is 1.94. The Morgan fingerprint density at radius 3 is 2.62 bits per heavy atom. The van der Waals surface area contributed by atoms with Crippen LogP contribution >= 0.6 is 0 Å². The molecule has 0 bridgehead atoms. The van der Waals surface area contributed by atoms with Gasteiger partial charge in [-0.05, 0) is 31.9 Å². The number of rotatable bonds is 4. The molecule has 21 heavy (non-hydrogen) atoms. The molecular weight excluding hydrogens is 268 g/mol. The summed E-state index contributed by atoms with van der Waals surface area (Å²) >= 11 is 0. The highest BCUT2D eigenvalue weighted by Gasteiger charge is 2.28. The summed E-state index contributed by atoms with van der Waals surface area (Å²) in [5, 5.41) is 0. The third-order valence-electron chi connectivity index (χ3n) is 3.79. The first-order valence-corrected chi connectivity index (χ1v) is 6.98.